The van der Waals surface area contributed by atoms with Gasteiger partial charge >= 0.3 is 0 Å². The highest BCUT2D eigenvalue weighted by Crippen LogP contribution is 2.37. The second-order valence-corrected chi connectivity index (χ2v) is 3.00. The van der Waals surface area contributed by atoms with E-state index < -0.39 is 0 Å². The lowest BCUT2D eigenvalue weighted by Crippen LogP contribution is -2.07. The monoisotopic (exact) mass is 182 g/mol. The van der Waals surface area contributed by atoms with Gasteiger partial charge in [-0.1, -0.05) is 0 Å². The maximum absolute atomic E-state index is 8.72. The molecule has 0 aliphatic heterocycles. The van der Waals surface area contributed by atoms with Gasteiger partial charge in [-0.25, -0.2) is 0 Å². The first-order valence-electron chi connectivity index (χ1n) is 3.93. The molecule has 0 aromatic rings. The lowest BCUT2D eigenvalue weighted by Gasteiger charge is -2.00. The van der Waals surface area contributed by atoms with Crippen LogP contribution in [0.4, 0.5) is 0 Å². The van der Waals surface area contributed by atoms with Crippen molar-refractivity contribution in [2.75, 3.05) is 0 Å². The van der Waals surface area contributed by atoms with Gasteiger partial charge in [0, 0.05) is 5.57 Å². The summed E-state index contributed by atoms with van der Waals surface area (Å²) >= 11 is 0. The molecule has 4 N–H and O–H groups in total. The third-order valence-electron chi connectivity index (χ3n) is 2.25. The van der Waals surface area contributed by atoms with Gasteiger partial charge in [0.25, 0.3) is 0 Å². The van der Waals surface area contributed by atoms with Gasteiger partial charge in [-0.2, -0.15) is 10.5 Å². The first-order valence-corrected chi connectivity index (χ1v) is 3.93. The predicted molar refractivity (Wildman–Crippen MR) is 49.8 cm³/mol. The summed E-state index contributed by atoms with van der Waals surface area (Å²) < 4.78 is 0. The van der Waals surface area contributed by atoms with Crippen molar-refractivity contribution in [3.8, 4) is 12.1 Å². The largest absolute Gasteiger partial charge is 0.397 e. The molecule has 0 radical (unpaired) electrons. The van der Waals surface area contributed by atoms with Gasteiger partial charge < -0.3 is 11.5 Å². The molecule has 0 fully saturated rings. The standard InChI is InChI=1S/C10H6N4/c11-3-6-1-5-2-7(4-12)10(14)8(5)9(6)13/h1-2H,13-14H2. The van der Waals surface area contributed by atoms with Crippen LogP contribution in [-0.4, -0.2) is 0 Å². The molecule has 2 aliphatic carbocycles. The summed E-state index contributed by atoms with van der Waals surface area (Å²) in [5.74, 6) is 0. The van der Waals surface area contributed by atoms with Crippen LogP contribution in [0.15, 0.2) is 45.8 Å². The topological polar surface area (TPSA) is 99.6 Å². The zero-order valence-corrected chi connectivity index (χ0v) is 7.20. The van der Waals surface area contributed by atoms with Crippen molar-refractivity contribution in [2.45, 2.75) is 0 Å². The fourth-order valence-electron chi connectivity index (χ4n) is 1.56. The van der Waals surface area contributed by atoms with Crippen LogP contribution in [0.25, 0.3) is 0 Å². The van der Waals surface area contributed by atoms with Crippen LogP contribution in [0.5, 0.6) is 0 Å². The third-order valence-corrected chi connectivity index (χ3v) is 2.25. The second kappa shape index (κ2) is 2.51. The molecule has 66 valence electrons. The van der Waals surface area contributed by atoms with Gasteiger partial charge in [0.05, 0.1) is 22.5 Å². The number of nitriles is 2. The normalized spacial score (nSPS) is 18.7. The average Bonchev–Trinajstić information content (AvgIpc) is 2.65. The molecule has 0 amide bonds. The van der Waals surface area contributed by atoms with Gasteiger partial charge in [0.1, 0.15) is 12.1 Å². The summed E-state index contributed by atoms with van der Waals surface area (Å²) in [4.78, 5) is 0. The summed E-state index contributed by atoms with van der Waals surface area (Å²) in [6.07, 6.45) is 3.28. The Morgan fingerprint density at radius 2 is 1.71 bits per heavy atom. The molecule has 0 bridgehead atoms. The molecule has 2 aliphatic rings. The van der Waals surface area contributed by atoms with Crippen molar-refractivity contribution >= 4 is 0 Å². The maximum atomic E-state index is 8.72. The molecule has 0 heterocycles. The van der Waals surface area contributed by atoms with Crippen LogP contribution in [-0.2, 0) is 0 Å². The molecule has 14 heavy (non-hydrogen) atoms. The van der Waals surface area contributed by atoms with Crippen molar-refractivity contribution in [3.05, 3.63) is 45.8 Å². The van der Waals surface area contributed by atoms with Crippen LogP contribution in [0, 0.1) is 22.7 Å². The van der Waals surface area contributed by atoms with Crippen molar-refractivity contribution in [1.82, 2.24) is 0 Å². The Morgan fingerprint density at radius 3 is 2.21 bits per heavy atom. The number of rotatable bonds is 0. The molecule has 0 spiro atoms. The van der Waals surface area contributed by atoms with Crippen LogP contribution < -0.4 is 11.5 Å². The van der Waals surface area contributed by atoms with Crippen LogP contribution in [0.3, 0.4) is 0 Å². The Balaban J connectivity index is 2.63. The van der Waals surface area contributed by atoms with E-state index in [1.165, 1.54) is 0 Å². The average molecular weight is 182 g/mol. The van der Waals surface area contributed by atoms with Crippen molar-refractivity contribution in [2.24, 2.45) is 11.5 Å². The number of nitrogens with zero attached hydrogens (tertiary/aromatic N) is 2. The van der Waals surface area contributed by atoms with Gasteiger partial charge in [0.15, 0.2) is 0 Å². The van der Waals surface area contributed by atoms with E-state index in [0.29, 0.717) is 28.1 Å². The van der Waals surface area contributed by atoms with Crippen molar-refractivity contribution < 1.29 is 0 Å². The predicted octanol–water partition coefficient (Wildman–Crippen LogP) is 0.339. The van der Waals surface area contributed by atoms with Gasteiger partial charge in [-0.15, -0.1) is 0 Å². The lowest BCUT2D eigenvalue weighted by molar-refractivity contribution is 1.27. The molecule has 2 rings (SSSR count). The van der Waals surface area contributed by atoms with Gasteiger partial charge in [-0.05, 0) is 17.7 Å². The number of nitrogens with two attached hydrogens (primary N) is 2. The summed E-state index contributed by atoms with van der Waals surface area (Å²) in [5.41, 5.74) is 14.3. The molecule has 0 aromatic carbocycles. The van der Waals surface area contributed by atoms with Crippen molar-refractivity contribution in [3.63, 3.8) is 0 Å². The SMILES string of the molecule is N#CC1=CC2=CC(C#N)=C(N)C2=C1N. The van der Waals surface area contributed by atoms with Crippen LogP contribution in [0.2, 0.25) is 0 Å². The number of fused-ring (bicyclic) bond motifs is 1. The highest BCUT2D eigenvalue weighted by Gasteiger charge is 2.27. The molecule has 0 saturated heterocycles. The molecule has 0 saturated carbocycles. The van der Waals surface area contributed by atoms with Crippen molar-refractivity contribution in [1.29, 1.82) is 10.5 Å². The Morgan fingerprint density at radius 1 is 1.00 bits per heavy atom. The first-order chi connectivity index (χ1) is 6.69. The zero-order chi connectivity index (χ0) is 10.3. The number of allylic oxidation sites excluding steroid dienone is 5. The number of hydrogen-bond acceptors (Lipinski definition) is 4. The smallest absolute Gasteiger partial charge is 0.101 e. The summed E-state index contributed by atoms with van der Waals surface area (Å²) in [6, 6.07) is 3.94. The number of hydrogen-bond donors (Lipinski definition) is 2. The molecular formula is C10H6N4. The molecule has 0 unspecified atom stereocenters. The molecule has 0 atom stereocenters. The highest BCUT2D eigenvalue weighted by molar-refractivity contribution is 5.75. The van der Waals surface area contributed by atoms with E-state index in [4.69, 9.17) is 22.0 Å². The quantitative estimate of drug-likeness (QED) is 0.564. The fourth-order valence-corrected chi connectivity index (χ4v) is 1.56. The Bertz CT molecular complexity index is 529. The Labute approximate surface area is 80.7 Å². The van der Waals surface area contributed by atoms with Crippen LogP contribution in [0.1, 0.15) is 0 Å². The molecular weight excluding hydrogens is 176 g/mol. The van der Waals surface area contributed by atoms with E-state index in [1.54, 1.807) is 12.2 Å². The van der Waals surface area contributed by atoms with Gasteiger partial charge in [0.2, 0.25) is 0 Å². The minimum absolute atomic E-state index is 0.363. The minimum Gasteiger partial charge on any atom is -0.397 e. The van der Waals surface area contributed by atoms with E-state index in [-0.39, 0.29) is 0 Å². The Hall–Kier alpha value is -2.46. The minimum atomic E-state index is 0.363. The second-order valence-electron chi connectivity index (χ2n) is 3.00. The fraction of sp³-hybridized carbons (Fsp3) is 0. The molecule has 0 aromatic heterocycles. The zero-order valence-electron chi connectivity index (χ0n) is 7.20. The summed E-state index contributed by atoms with van der Waals surface area (Å²) in [5, 5.41) is 17.4. The summed E-state index contributed by atoms with van der Waals surface area (Å²) in [7, 11) is 0. The third kappa shape index (κ3) is 0.797. The van der Waals surface area contributed by atoms with E-state index in [9.17, 15) is 0 Å². The van der Waals surface area contributed by atoms with E-state index in [2.05, 4.69) is 0 Å². The molecule has 4 nitrogen and oxygen atoms in total. The highest BCUT2D eigenvalue weighted by atomic mass is 14.7. The Kier molecular flexibility index (Phi) is 1.46. The van der Waals surface area contributed by atoms with E-state index >= 15 is 0 Å². The van der Waals surface area contributed by atoms with Crippen LogP contribution >= 0.6 is 0 Å². The lowest BCUT2D eigenvalue weighted by atomic mass is 10.1. The maximum Gasteiger partial charge on any atom is 0.101 e. The van der Waals surface area contributed by atoms with E-state index in [1.807, 2.05) is 12.1 Å². The summed E-state index contributed by atoms with van der Waals surface area (Å²) in [6.45, 7) is 0. The van der Waals surface area contributed by atoms with Gasteiger partial charge in [-0.3, -0.25) is 0 Å². The van der Waals surface area contributed by atoms with E-state index in [0.717, 1.165) is 5.57 Å². The molecule has 4 heteroatoms. The first kappa shape index (κ1) is 8.15.